The van der Waals surface area contributed by atoms with Gasteiger partial charge in [-0.15, -0.1) is 0 Å². The van der Waals surface area contributed by atoms with Gasteiger partial charge in [-0.25, -0.2) is 4.79 Å². The lowest BCUT2D eigenvalue weighted by Gasteiger charge is -2.39. The highest BCUT2D eigenvalue weighted by atomic mass is 16.5. The van der Waals surface area contributed by atoms with E-state index in [0.717, 1.165) is 85.9 Å². The molecular formula is C35H45N5O5. The highest BCUT2D eigenvalue weighted by Gasteiger charge is 2.28. The van der Waals surface area contributed by atoms with Crippen molar-refractivity contribution in [1.29, 1.82) is 0 Å². The van der Waals surface area contributed by atoms with Crippen LogP contribution in [0.15, 0.2) is 47.3 Å². The number of nitrogens with zero attached hydrogens (tertiary/aromatic N) is 3. The van der Waals surface area contributed by atoms with Crippen molar-refractivity contribution < 1.29 is 19.4 Å². The van der Waals surface area contributed by atoms with Crippen LogP contribution in [0.4, 0.5) is 10.5 Å². The van der Waals surface area contributed by atoms with E-state index in [2.05, 4.69) is 57.4 Å². The van der Waals surface area contributed by atoms with Crippen molar-refractivity contribution in [3.63, 3.8) is 0 Å². The summed E-state index contributed by atoms with van der Waals surface area (Å²) in [6, 6.07) is 14.7. The first kappa shape index (κ1) is 32.2. The number of hydrogen-bond donors (Lipinski definition) is 3. The number of rotatable bonds is 9. The van der Waals surface area contributed by atoms with Gasteiger partial charge >= 0.3 is 6.09 Å². The van der Waals surface area contributed by atoms with Gasteiger partial charge < -0.3 is 29.9 Å². The largest absolute Gasteiger partial charge is 0.465 e. The molecule has 2 aliphatic rings. The number of ether oxygens (including phenoxy) is 1. The number of carboxylic acid groups (broad SMARTS) is 1. The Morgan fingerprint density at radius 3 is 2.31 bits per heavy atom. The third-order valence-corrected chi connectivity index (χ3v) is 9.17. The molecular weight excluding hydrogens is 570 g/mol. The van der Waals surface area contributed by atoms with Crippen LogP contribution < -0.4 is 15.8 Å². The maximum Gasteiger partial charge on any atom is 0.407 e. The van der Waals surface area contributed by atoms with Gasteiger partial charge in [0.05, 0.1) is 13.2 Å². The molecule has 0 aliphatic carbocycles. The lowest BCUT2D eigenvalue weighted by molar-refractivity contribution is 0.0342. The number of amides is 2. The van der Waals surface area contributed by atoms with Crippen molar-refractivity contribution in [3.8, 4) is 11.1 Å². The molecule has 240 valence electrons. The van der Waals surface area contributed by atoms with Gasteiger partial charge in [-0.3, -0.25) is 14.5 Å². The number of nitrogens with one attached hydrogen (secondary N) is 2. The second kappa shape index (κ2) is 14.3. The number of anilines is 1. The molecule has 1 aromatic heterocycles. The van der Waals surface area contributed by atoms with E-state index < -0.39 is 6.09 Å². The summed E-state index contributed by atoms with van der Waals surface area (Å²) in [6.45, 7) is 13.8. The Labute approximate surface area is 265 Å². The normalized spacial score (nSPS) is 16.0. The summed E-state index contributed by atoms with van der Waals surface area (Å²) in [7, 11) is 0. The van der Waals surface area contributed by atoms with Gasteiger partial charge in [0.2, 0.25) is 0 Å². The summed E-state index contributed by atoms with van der Waals surface area (Å²) in [5.74, 6) is -0.240. The number of hydrogen-bond acceptors (Lipinski definition) is 6. The van der Waals surface area contributed by atoms with Crippen LogP contribution in [0.5, 0.6) is 0 Å². The molecule has 3 N–H and O–H groups in total. The molecule has 5 rings (SSSR count). The van der Waals surface area contributed by atoms with Gasteiger partial charge in [0, 0.05) is 74.4 Å². The minimum absolute atomic E-state index is 0.126. The number of aromatic amines is 1. The van der Waals surface area contributed by atoms with Crippen LogP contribution >= 0.6 is 0 Å². The lowest BCUT2D eigenvalue weighted by Crippen LogP contribution is -2.46. The second-order valence-corrected chi connectivity index (χ2v) is 12.2. The molecule has 2 amide bonds. The number of aryl methyl sites for hydroxylation is 2. The molecule has 0 unspecified atom stereocenters. The molecule has 2 aromatic carbocycles. The molecule has 0 bridgehead atoms. The van der Waals surface area contributed by atoms with Crippen molar-refractivity contribution >= 4 is 17.7 Å². The van der Waals surface area contributed by atoms with Crippen LogP contribution in [-0.4, -0.2) is 83.9 Å². The SMILES string of the molecule is CCN(c1cc(-c2ccc(CN3CCOCC3)cc2)cc(C(=O)NCc2c(C)cc(C)[nH]c2=O)c1C)C1CCN(C(=O)O)CC1. The third kappa shape index (κ3) is 7.57. The lowest BCUT2D eigenvalue weighted by atomic mass is 9.94. The van der Waals surface area contributed by atoms with E-state index >= 15 is 0 Å². The van der Waals surface area contributed by atoms with E-state index in [0.29, 0.717) is 24.2 Å². The van der Waals surface area contributed by atoms with Crippen LogP contribution in [-0.2, 0) is 17.8 Å². The minimum Gasteiger partial charge on any atom is -0.465 e. The van der Waals surface area contributed by atoms with Gasteiger partial charge in [0.1, 0.15) is 0 Å². The van der Waals surface area contributed by atoms with Gasteiger partial charge in [-0.05, 0) is 86.6 Å². The van der Waals surface area contributed by atoms with E-state index in [1.165, 1.54) is 10.5 Å². The monoisotopic (exact) mass is 615 g/mol. The van der Waals surface area contributed by atoms with Crippen LogP contribution in [0.1, 0.15) is 58.1 Å². The van der Waals surface area contributed by atoms with E-state index in [4.69, 9.17) is 4.74 Å². The molecule has 0 saturated carbocycles. The summed E-state index contributed by atoms with van der Waals surface area (Å²) < 4.78 is 5.49. The minimum atomic E-state index is -0.881. The van der Waals surface area contributed by atoms with Crippen molar-refractivity contribution in [2.75, 3.05) is 50.8 Å². The highest BCUT2D eigenvalue weighted by molar-refractivity contribution is 5.99. The number of aromatic nitrogens is 1. The zero-order valence-corrected chi connectivity index (χ0v) is 26.8. The van der Waals surface area contributed by atoms with Crippen molar-refractivity contribution in [3.05, 3.63) is 86.3 Å². The molecule has 2 saturated heterocycles. The predicted molar refractivity (Wildman–Crippen MR) is 176 cm³/mol. The molecule has 2 fully saturated rings. The number of pyridine rings is 1. The van der Waals surface area contributed by atoms with Crippen LogP contribution in [0.3, 0.4) is 0 Å². The van der Waals surface area contributed by atoms with Gasteiger partial charge in [0.15, 0.2) is 0 Å². The molecule has 3 aromatic rings. The van der Waals surface area contributed by atoms with E-state index in [9.17, 15) is 19.5 Å². The van der Waals surface area contributed by atoms with Gasteiger partial charge in [-0.1, -0.05) is 24.3 Å². The van der Waals surface area contributed by atoms with Gasteiger partial charge in [0.25, 0.3) is 11.5 Å². The Kier molecular flexibility index (Phi) is 10.2. The number of carbonyl (C=O) groups excluding carboxylic acids is 1. The number of piperidine rings is 1. The molecule has 2 aliphatic heterocycles. The van der Waals surface area contributed by atoms with E-state index in [1.54, 1.807) is 0 Å². The summed E-state index contributed by atoms with van der Waals surface area (Å²) in [5.41, 5.74) is 7.53. The molecule has 0 radical (unpaired) electrons. The molecule has 10 nitrogen and oxygen atoms in total. The van der Waals surface area contributed by atoms with Crippen LogP contribution in [0, 0.1) is 20.8 Å². The first-order valence-electron chi connectivity index (χ1n) is 15.9. The Hall–Kier alpha value is -4.15. The molecule has 3 heterocycles. The maximum atomic E-state index is 13.8. The number of carbonyl (C=O) groups is 2. The van der Waals surface area contributed by atoms with Crippen molar-refractivity contribution in [1.82, 2.24) is 20.1 Å². The Balaban J connectivity index is 1.46. The number of benzene rings is 2. The van der Waals surface area contributed by atoms with E-state index in [1.807, 2.05) is 32.9 Å². The fourth-order valence-electron chi connectivity index (χ4n) is 6.58. The van der Waals surface area contributed by atoms with Crippen LogP contribution in [0.25, 0.3) is 11.1 Å². The molecule has 0 atom stereocenters. The molecule has 45 heavy (non-hydrogen) atoms. The maximum absolute atomic E-state index is 13.8. The third-order valence-electron chi connectivity index (χ3n) is 9.17. The average Bonchev–Trinajstić information content (AvgIpc) is 3.02. The summed E-state index contributed by atoms with van der Waals surface area (Å²) >= 11 is 0. The quantitative estimate of drug-likeness (QED) is 0.320. The smallest absolute Gasteiger partial charge is 0.407 e. The fraction of sp³-hybridized carbons (Fsp3) is 0.457. The first-order chi connectivity index (χ1) is 21.6. The standard InChI is InChI=1S/C35H45N5O5/c1-5-40(29-10-12-39(13-11-29)35(43)44)32-20-28(27-8-6-26(7-9-27)22-38-14-16-45-17-15-38)19-30(25(32)4)33(41)36-21-31-23(2)18-24(3)37-34(31)42/h6-9,18-20,29H,5,10-17,21-22H2,1-4H3,(H,36,41)(H,37,42)(H,43,44). The van der Waals surface area contributed by atoms with Crippen molar-refractivity contribution in [2.45, 2.75) is 59.7 Å². The Bertz CT molecular complexity index is 1570. The number of morpholine rings is 1. The van der Waals surface area contributed by atoms with E-state index in [-0.39, 0.29) is 24.1 Å². The summed E-state index contributed by atoms with van der Waals surface area (Å²) in [5, 5.41) is 12.5. The second-order valence-electron chi connectivity index (χ2n) is 12.2. The molecule has 10 heteroatoms. The van der Waals surface area contributed by atoms with Crippen molar-refractivity contribution in [2.24, 2.45) is 0 Å². The Morgan fingerprint density at radius 1 is 1.00 bits per heavy atom. The summed E-state index contributed by atoms with van der Waals surface area (Å²) in [6.07, 6.45) is 0.557. The first-order valence-corrected chi connectivity index (χ1v) is 15.9. The average molecular weight is 616 g/mol. The zero-order valence-electron chi connectivity index (χ0n) is 26.8. The summed E-state index contributed by atoms with van der Waals surface area (Å²) in [4.78, 5) is 47.0. The zero-order chi connectivity index (χ0) is 32.1. The Morgan fingerprint density at radius 2 is 1.69 bits per heavy atom. The fourth-order valence-corrected chi connectivity index (χ4v) is 6.58. The molecule has 0 spiro atoms. The number of likely N-dealkylation sites (tertiary alicyclic amines) is 1. The topological polar surface area (TPSA) is 118 Å². The predicted octanol–water partition coefficient (Wildman–Crippen LogP) is 4.70. The van der Waals surface area contributed by atoms with Gasteiger partial charge in [-0.2, -0.15) is 0 Å². The number of H-pyrrole nitrogens is 1. The van der Waals surface area contributed by atoms with Crippen LogP contribution in [0.2, 0.25) is 0 Å². The highest BCUT2D eigenvalue weighted by Crippen LogP contribution is 2.34.